The number of carbonyl (C=O) groups is 2. The number of hydrogen-bond acceptors (Lipinski definition) is 5. The van der Waals surface area contributed by atoms with Crippen LogP contribution in [-0.4, -0.2) is 41.7 Å². The van der Waals surface area contributed by atoms with Gasteiger partial charge in [-0.1, -0.05) is 30.3 Å². The third kappa shape index (κ3) is 4.15. The van der Waals surface area contributed by atoms with E-state index in [0.717, 1.165) is 10.5 Å². The molecule has 0 saturated heterocycles. The zero-order valence-electron chi connectivity index (χ0n) is 9.91. The Morgan fingerprint density at radius 2 is 1.94 bits per heavy atom. The standard InChI is InChI=1S/C12H16N2O4/c13-8-11(16)14(6-7-15)12(17)18-9-10-4-2-1-3-5-10/h1-5,15H,6-9,13H2. The number of aliphatic hydroxyl groups excluding tert-OH is 1. The van der Waals surface area contributed by atoms with Crippen LogP contribution in [0.2, 0.25) is 0 Å². The molecule has 0 radical (unpaired) electrons. The first kappa shape index (κ1) is 14.1. The van der Waals surface area contributed by atoms with E-state index in [4.69, 9.17) is 15.6 Å². The maximum absolute atomic E-state index is 11.6. The Labute approximate surface area is 105 Å². The van der Waals surface area contributed by atoms with E-state index in [2.05, 4.69) is 0 Å². The van der Waals surface area contributed by atoms with Gasteiger partial charge in [0.1, 0.15) is 6.61 Å². The third-order valence-electron chi connectivity index (χ3n) is 2.22. The van der Waals surface area contributed by atoms with Crippen molar-refractivity contribution in [1.82, 2.24) is 4.90 Å². The Morgan fingerprint density at radius 3 is 2.50 bits per heavy atom. The molecule has 1 rings (SSSR count). The Bertz CT molecular complexity index is 394. The summed E-state index contributed by atoms with van der Waals surface area (Å²) in [6, 6.07) is 9.09. The molecule has 0 saturated carbocycles. The van der Waals surface area contributed by atoms with Crippen LogP contribution in [0.4, 0.5) is 4.79 Å². The first-order valence-electron chi connectivity index (χ1n) is 5.51. The smallest absolute Gasteiger partial charge is 0.416 e. The summed E-state index contributed by atoms with van der Waals surface area (Å²) in [4.78, 5) is 23.8. The fourth-order valence-electron chi connectivity index (χ4n) is 1.33. The Balaban J connectivity index is 2.54. The molecule has 1 aromatic rings. The number of carbonyl (C=O) groups excluding carboxylic acids is 2. The lowest BCUT2D eigenvalue weighted by atomic mass is 10.2. The van der Waals surface area contributed by atoms with Crippen LogP contribution in [0.25, 0.3) is 0 Å². The van der Waals surface area contributed by atoms with Gasteiger partial charge in [-0.05, 0) is 5.56 Å². The summed E-state index contributed by atoms with van der Waals surface area (Å²) in [6.45, 7) is -0.685. The number of ether oxygens (including phenoxy) is 1. The van der Waals surface area contributed by atoms with E-state index < -0.39 is 12.0 Å². The van der Waals surface area contributed by atoms with Gasteiger partial charge in [-0.25, -0.2) is 9.69 Å². The Kier molecular flexibility index (Phi) is 5.83. The van der Waals surface area contributed by atoms with E-state index in [1.54, 1.807) is 12.1 Å². The molecule has 0 atom stereocenters. The van der Waals surface area contributed by atoms with E-state index in [-0.39, 0.29) is 26.3 Å². The fraction of sp³-hybridized carbons (Fsp3) is 0.333. The molecule has 98 valence electrons. The lowest BCUT2D eigenvalue weighted by Gasteiger charge is -2.18. The minimum atomic E-state index is -0.802. The number of hydrogen-bond donors (Lipinski definition) is 2. The van der Waals surface area contributed by atoms with E-state index in [1.807, 2.05) is 18.2 Å². The maximum atomic E-state index is 11.6. The van der Waals surface area contributed by atoms with Crippen molar-refractivity contribution >= 4 is 12.0 Å². The van der Waals surface area contributed by atoms with E-state index in [0.29, 0.717) is 0 Å². The van der Waals surface area contributed by atoms with Crippen molar-refractivity contribution in [1.29, 1.82) is 0 Å². The molecule has 18 heavy (non-hydrogen) atoms. The molecule has 0 bridgehead atoms. The molecule has 0 aliphatic heterocycles. The zero-order valence-corrected chi connectivity index (χ0v) is 9.91. The molecular weight excluding hydrogens is 236 g/mol. The molecule has 0 spiro atoms. The average molecular weight is 252 g/mol. The van der Waals surface area contributed by atoms with Gasteiger partial charge in [0.15, 0.2) is 0 Å². The van der Waals surface area contributed by atoms with Crippen LogP contribution in [0.3, 0.4) is 0 Å². The van der Waals surface area contributed by atoms with Crippen molar-refractivity contribution in [3.8, 4) is 0 Å². The maximum Gasteiger partial charge on any atom is 0.416 e. The quantitative estimate of drug-likeness (QED) is 0.775. The molecule has 0 fully saturated rings. The molecule has 0 aliphatic rings. The van der Waals surface area contributed by atoms with Gasteiger partial charge in [0.25, 0.3) is 0 Å². The summed E-state index contributed by atoms with van der Waals surface area (Å²) in [6.07, 6.45) is -0.802. The number of aliphatic hydroxyl groups is 1. The van der Waals surface area contributed by atoms with Crippen LogP contribution >= 0.6 is 0 Å². The molecule has 0 aliphatic carbocycles. The van der Waals surface area contributed by atoms with Gasteiger partial charge in [-0.15, -0.1) is 0 Å². The predicted octanol–water partition coefficient (Wildman–Crippen LogP) is 0.103. The molecule has 0 unspecified atom stereocenters. The first-order chi connectivity index (χ1) is 8.69. The topological polar surface area (TPSA) is 92.9 Å². The van der Waals surface area contributed by atoms with E-state index >= 15 is 0 Å². The fourth-order valence-corrected chi connectivity index (χ4v) is 1.33. The normalized spacial score (nSPS) is 9.89. The number of nitrogens with zero attached hydrogens (tertiary/aromatic N) is 1. The van der Waals surface area contributed by atoms with Crippen molar-refractivity contribution in [3.63, 3.8) is 0 Å². The number of amides is 2. The summed E-state index contributed by atoms with van der Waals surface area (Å²) in [5, 5.41) is 8.77. The van der Waals surface area contributed by atoms with Gasteiger partial charge in [-0.3, -0.25) is 4.79 Å². The highest BCUT2D eigenvalue weighted by Crippen LogP contribution is 2.03. The predicted molar refractivity (Wildman–Crippen MR) is 64.5 cm³/mol. The second kappa shape index (κ2) is 7.41. The van der Waals surface area contributed by atoms with E-state index in [9.17, 15) is 9.59 Å². The van der Waals surface area contributed by atoms with Crippen molar-refractivity contribution in [3.05, 3.63) is 35.9 Å². The largest absolute Gasteiger partial charge is 0.444 e. The minimum absolute atomic E-state index is 0.0689. The van der Waals surface area contributed by atoms with Crippen LogP contribution in [0.5, 0.6) is 0 Å². The summed E-state index contributed by atoms with van der Waals surface area (Å²) >= 11 is 0. The second-order valence-electron chi connectivity index (χ2n) is 3.51. The van der Waals surface area contributed by atoms with Crippen LogP contribution in [0.15, 0.2) is 30.3 Å². The molecule has 3 N–H and O–H groups in total. The van der Waals surface area contributed by atoms with Gasteiger partial charge in [0.05, 0.1) is 19.7 Å². The molecule has 6 nitrogen and oxygen atoms in total. The summed E-state index contributed by atoms with van der Waals surface area (Å²) in [7, 11) is 0. The number of imide groups is 1. The number of rotatable bonds is 5. The van der Waals surface area contributed by atoms with Gasteiger partial charge in [0, 0.05) is 0 Å². The zero-order chi connectivity index (χ0) is 13.4. The lowest BCUT2D eigenvalue weighted by molar-refractivity contribution is -0.128. The molecule has 2 amide bonds. The highest BCUT2D eigenvalue weighted by Gasteiger charge is 2.20. The summed E-state index contributed by atoms with van der Waals surface area (Å²) < 4.78 is 4.97. The van der Waals surface area contributed by atoms with Crippen molar-refractivity contribution in [2.45, 2.75) is 6.61 Å². The van der Waals surface area contributed by atoms with Crippen molar-refractivity contribution in [2.24, 2.45) is 5.73 Å². The van der Waals surface area contributed by atoms with Gasteiger partial charge in [0.2, 0.25) is 5.91 Å². The highest BCUT2D eigenvalue weighted by atomic mass is 16.6. The molecule has 1 aromatic carbocycles. The first-order valence-corrected chi connectivity index (χ1v) is 5.51. The van der Waals surface area contributed by atoms with Crippen molar-refractivity contribution in [2.75, 3.05) is 19.7 Å². The Hall–Kier alpha value is -1.92. The minimum Gasteiger partial charge on any atom is -0.444 e. The monoisotopic (exact) mass is 252 g/mol. The van der Waals surface area contributed by atoms with Crippen LogP contribution in [0, 0.1) is 0 Å². The molecule has 0 heterocycles. The number of nitrogens with two attached hydrogens (primary N) is 1. The van der Waals surface area contributed by atoms with Crippen LogP contribution in [-0.2, 0) is 16.1 Å². The van der Waals surface area contributed by atoms with E-state index in [1.165, 1.54) is 0 Å². The van der Waals surface area contributed by atoms with Crippen LogP contribution < -0.4 is 5.73 Å². The second-order valence-corrected chi connectivity index (χ2v) is 3.51. The average Bonchev–Trinajstić information content (AvgIpc) is 2.42. The molecule has 6 heteroatoms. The van der Waals surface area contributed by atoms with Crippen molar-refractivity contribution < 1.29 is 19.4 Å². The number of benzene rings is 1. The Morgan fingerprint density at radius 1 is 1.28 bits per heavy atom. The SMILES string of the molecule is NCC(=O)N(CCO)C(=O)OCc1ccccc1. The third-order valence-corrected chi connectivity index (χ3v) is 2.22. The summed E-state index contributed by atoms with van der Waals surface area (Å²) in [5.41, 5.74) is 5.98. The molecule has 0 aromatic heterocycles. The highest BCUT2D eigenvalue weighted by molar-refractivity contribution is 5.92. The van der Waals surface area contributed by atoms with Gasteiger partial charge in [-0.2, -0.15) is 0 Å². The summed E-state index contributed by atoms with van der Waals surface area (Å²) in [5.74, 6) is -0.581. The van der Waals surface area contributed by atoms with Gasteiger partial charge < -0.3 is 15.6 Å². The van der Waals surface area contributed by atoms with Gasteiger partial charge >= 0.3 is 6.09 Å². The molecular formula is C12H16N2O4. The van der Waals surface area contributed by atoms with Crippen LogP contribution in [0.1, 0.15) is 5.56 Å². The lowest BCUT2D eigenvalue weighted by Crippen LogP contribution is -2.42.